The fraction of sp³-hybridized carbons (Fsp3) is 0.273. The van der Waals surface area contributed by atoms with Gasteiger partial charge in [0, 0.05) is 24.5 Å². The molecule has 4 heterocycles. The van der Waals surface area contributed by atoms with Crippen molar-refractivity contribution in [2.24, 2.45) is 0 Å². The number of aryl methyl sites for hydroxylation is 1. The number of methoxy groups -OCH3 is 1. The van der Waals surface area contributed by atoms with Crippen LogP contribution < -0.4 is 4.74 Å². The second kappa shape index (κ2) is 7.84. The number of hydrogen-bond donors (Lipinski definition) is 0. The van der Waals surface area contributed by atoms with Crippen LogP contribution in [0.3, 0.4) is 0 Å². The molecule has 0 unspecified atom stereocenters. The summed E-state index contributed by atoms with van der Waals surface area (Å²) in [6.07, 6.45) is 3.15. The number of amides is 1. The molecule has 9 heteroatoms. The summed E-state index contributed by atoms with van der Waals surface area (Å²) in [7, 11) is 1.60. The first-order chi connectivity index (χ1) is 15.1. The van der Waals surface area contributed by atoms with Gasteiger partial charge in [0.15, 0.2) is 6.10 Å². The molecule has 0 bridgehead atoms. The second-order valence-electron chi connectivity index (χ2n) is 7.39. The molecule has 3 aromatic heterocycles. The van der Waals surface area contributed by atoms with E-state index in [1.165, 1.54) is 0 Å². The summed E-state index contributed by atoms with van der Waals surface area (Å²) in [5, 5.41) is 4.06. The van der Waals surface area contributed by atoms with Crippen molar-refractivity contribution in [3.05, 3.63) is 65.9 Å². The molecule has 0 N–H and O–H groups in total. The van der Waals surface area contributed by atoms with Crippen LogP contribution in [0.25, 0.3) is 17.0 Å². The maximum atomic E-state index is 13.0. The largest absolute Gasteiger partial charge is 0.497 e. The molecule has 0 aliphatic carbocycles. The molecule has 1 saturated heterocycles. The number of pyridine rings is 1. The van der Waals surface area contributed by atoms with E-state index in [0.29, 0.717) is 42.9 Å². The normalized spacial score (nSPS) is 16.6. The van der Waals surface area contributed by atoms with E-state index in [0.717, 1.165) is 16.8 Å². The maximum Gasteiger partial charge on any atom is 0.274 e. The first-order valence-corrected chi connectivity index (χ1v) is 9.95. The summed E-state index contributed by atoms with van der Waals surface area (Å²) in [6, 6.07) is 11.3. The van der Waals surface area contributed by atoms with Crippen LogP contribution in [0.5, 0.6) is 5.75 Å². The number of nitrogens with zero attached hydrogens (tertiary/aromatic N) is 5. The fourth-order valence-corrected chi connectivity index (χ4v) is 3.58. The predicted molar refractivity (Wildman–Crippen MR) is 111 cm³/mol. The highest BCUT2D eigenvalue weighted by molar-refractivity contribution is 5.93. The zero-order valence-electron chi connectivity index (χ0n) is 17.2. The smallest absolute Gasteiger partial charge is 0.274 e. The monoisotopic (exact) mass is 419 g/mol. The number of hydrogen-bond acceptors (Lipinski definition) is 7. The van der Waals surface area contributed by atoms with E-state index in [1.807, 2.05) is 53.9 Å². The summed E-state index contributed by atoms with van der Waals surface area (Å²) in [5.74, 6) is 1.33. The summed E-state index contributed by atoms with van der Waals surface area (Å²) in [6.45, 7) is 3.15. The van der Waals surface area contributed by atoms with Crippen LogP contribution in [0.4, 0.5) is 0 Å². The molecular formula is C22H21N5O4. The van der Waals surface area contributed by atoms with E-state index in [4.69, 9.17) is 14.0 Å². The van der Waals surface area contributed by atoms with Crippen LogP contribution in [0, 0.1) is 6.92 Å². The molecule has 1 atom stereocenters. The molecule has 31 heavy (non-hydrogen) atoms. The number of benzene rings is 1. The van der Waals surface area contributed by atoms with Crippen LogP contribution in [0.15, 0.2) is 53.3 Å². The van der Waals surface area contributed by atoms with Gasteiger partial charge in [0.2, 0.25) is 5.82 Å². The van der Waals surface area contributed by atoms with E-state index >= 15 is 0 Å². The molecule has 1 aromatic carbocycles. The Morgan fingerprint density at radius 1 is 1.23 bits per heavy atom. The molecule has 1 aliphatic heterocycles. The molecule has 1 fully saturated rings. The number of rotatable bonds is 4. The summed E-state index contributed by atoms with van der Waals surface area (Å²) >= 11 is 0. The minimum Gasteiger partial charge on any atom is -0.497 e. The Morgan fingerprint density at radius 2 is 2.13 bits per heavy atom. The average Bonchev–Trinajstić information content (AvgIpc) is 3.46. The SMILES string of the molecule is COc1cccc(-c2noc([C@H]3CN(C(=O)c4cn5ccc(C)cc5n4)CCO3)n2)c1. The lowest BCUT2D eigenvalue weighted by atomic mass is 10.2. The highest BCUT2D eigenvalue weighted by atomic mass is 16.5. The summed E-state index contributed by atoms with van der Waals surface area (Å²) in [4.78, 5) is 23.7. The zero-order chi connectivity index (χ0) is 21.4. The van der Waals surface area contributed by atoms with Crippen LogP contribution >= 0.6 is 0 Å². The van der Waals surface area contributed by atoms with Crippen molar-refractivity contribution < 1.29 is 18.8 Å². The van der Waals surface area contributed by atoms with Gasteiger partial charge >= 0.3 is 0 Å². The Hall–Kier alpha value is -3.72. The van der Waals surface area contributed by atoms with Crippen LogP contribution in [-0.4, -0.2) is 57.1 Å². The molecule has 4 aromatic rings. The van der Waals surface area contributed by atoms with E-state index in [-0.39, 0.29) is 5.91 Å². The van der Waals surface area contributed by atoms with E-state index in [9.17, 15) is 4.79 Å². The number of imidazole rings is 1. The van der Waals surface area contributed by atoms with Crippen molar-refractivity contribution in [3.8, 4) is 17.1 Å². The summed E-state index contributed by atoms with van der Waals surface area (Å²) < 4.78 is 18.3. The highest BCUT2D eigenvalue weighted by Crippen LogP contribution is 2.26. The Morgan fingerprint density at radius 3 is 3.00 bits per heavy atom. The molecule has 0 radical (unpaired) electrons. The predicted octanol–water partition coefficient (Wildman–Crippen LogP) is 2.92. The van der Waals surface area contributed by atoms with E-state index in [1.54, 1.807) is 18.2 Å². The standard InChI is InChI=1S/C22H21N5O4/c1-14-6-7-26-12-17(23-19(26)10-14)22(28)27-8-9-30-18(13-27)21-24-20(25-31-21)15-4-3-5-16(11-15)29-2/h3-7,10-12,18H,8-9,13H2,1-2H3/t18-/m1/s1. The van der Waals surface area contributed by atoms with Crippen LogP contribution in [0.1, 0.15) is 28.0 Å². The van der Waals surface area contributed by atoms with Crippen molar-refractivity contribution >= 4 is 11.6 Å². The Balaban J connectivity index is 1.34. The van der Waals surface area contributed by atoms with Gasteiger partial charge in [-0.15, -0.1) is 0 Å². The zero-order valence-corrected chi connectivity index (χ0v) is 17.2. The molecule has 1 amide bonds. The molecular weight excluding hydrogens is 398 g/mol. The van der Waals surface area contributed by atoms with Crippen molar-refractivity contribution in [2.45, 2.75) is 13.0 Å². The Labute approximate surface area is 178 Å². The van der Waals surface area contributed by atoms with Gasteiger partial charge in [-0.1, -0.05) is 17.3 Å². The lowest BCUT2D eigenvalue weighted by Gasteiger charge is -2.30. The van der Waals surface area contributed by atoms with Gasteiger partial charge in [-0.2, -0.15) is 4.98 Å². The Bertz CT molecular complexity index is 1250. The fourth-order valence-electron chi connectivity index (χ4n) is 3.58. The van der Waals surface area contributed by atoms with Crippen molar-refractivity contribution in [1.82, 2.24) is 24.4 Å². The number of fused-ring (bicyclic) bond motifs is 1. The van der Waals surface area contributed by atoms with Gasteiger partial charge in [-0.25, -0.2) is 4.98 Å². The molecule has 158 valence electrons. The van der Waals surface area contributed by atoms with Gasteiger partial charge in [0.1, 0.15) is 17.1 Å². The number of ether oxygens (including phenoxy) is 2. The molecule has 9 nitrogen and oxygen atoms in total. The number of morpholine rings is 1. The number of carbonyl (C=O) groups is 1. The third-order valence-electron chi connectivity index (χ3n) is 5.23. The summed E-state index contributed by atoms with van der Waals surface area (Å²) in [5.41, 5.74) is 3.01. The van der Waals surface area contributed by atoms with Gasteiger partial charge in [0.25, 0.3) is 11.8 Å². The molecule has 5 rings (SSSR count). The quantitative estimate of drug-likeness (QED) is 0.502. The Kier molecular flexibility index (Phi) is 4.87. The third kappa shape index (κ3) is 3.75. The minimum atomic E-state index is -0.496. The number of aromatic nitrogens is 4. The first kappa shape index (κ1) is 19.3. The molecule has 0 spiro atoms. The number of carbonyl (C=O) groups excluding carboxylic acids is 1. The van der Waals surface area contributed by atoms with Gasteiger partial charge in [-0.05, 0) is 36.8 Å². The lowest BCUT2D eigenvalue weighted by molar-refractivity contribution is -0.0368. The van der Waals surface area contributed by atoms with Crippen LogP contribution in [0.2, 0.25) is 0 Å². The minimum absolute atomic E-state index is 0.151. The first-order valence-electron chi connectivity index (χ1n) is 9.95. The lowest BCUT2D eigenvalue weighted by Crippen LogP contribution is -2.42. The van der Waals surface area contributed by atoms with Crippen molar-refractivity contribution in [3.63, 3.8) is 0 Å². The molecule has 1 aliphatic rings. The van der Waals surface area contributed by atoms with Gasteiger partial charge in [0.05, 0.1) is 20.3 Å². The highest BCUT2D eigenvalue weighted by Gasteiger charge is 2.31. The van der Waals surface area contributed by atoms with E-state index < -0.39 is 6.10 Å². The average molecular weight is 419 g/mol. The van der Waals surface area contributed by atoms with Crippen LogP contribution in [-0.2, 0) is 4.74 Å². The third-order valence-corrected chi connectivity index (χ3v) is 5.23. The second-order valence-corrected chi connectivity index (χ2v) is 7.39. The van der Waals surface area contributed by atoms with E-state index in [2.05, 4.69) is 15.1 Å². The van der Waals surface area contributed by atoms with Gasteiger partial charge in [-0.3, -0.25) is 4.79 Å². The topological polar surface area (TPSA) is 95.0 Å². The maximum absolute atomic E-state index is 13.0. The van der Waals surface area contributed by atoms with Gasteiger partial charge < -0.3 is 23.3 Å². The van der Waals surface area contributed by atoms with Crippen molar-refractivity contribution in [1.29, 1.82) is 0 Å². The molecule has 0 saturated carbocycles. The van der Waals surface area contributed by atoms with Crippen molar-refractivity contribution in [2.75, 3.05) is 26.8 Å².